The molecule has 1 nitrogen and oxygen atoms in total. The molecule has 0 aliphatic carbocycles. The zero-order valence-electron chi connectivity index (χ0n) is 12.2. The first-order valence-electron chi connectivity index (χ1n) is 7.13. The molecule has 0 saturated carbocycles. The summed E-state index contributed by atoms with van der Waals surface area (Å²) in [5.74, 6) is 0.539. The van der Waals surface area contributed by atoms with Crippen LogP contribution in [0, 0.1) is 0 Å². The molecule has 2 aromatic rings. The minimum Gasteiger partial charge on any atom is -0.377 e. The molecule has 0 radical (unpaired) electrons. The molecule has 0 bridgehead atoms. The molecule has 1 N–H and O–H groups in total. The number of benzene rings is 2. The summed E-state index contributed by atoms with van der Waals surface area (Å²) in [6, 6.07) is 17.8. The summed E-state index contributed by atoms with van der Waals surface area (Å²) < 4.78 is 0. The first-order chi connectivity index (χ1) is 9.61. The molecule has 0 amide bonds. The molecule has 0 heterocycles. The highest BCUT2D eigenvalue weighted by atomic mass is 16.3. The highest BCUT2D eigenvalue weighted by Gasteiger charge is 2.27. The van der Waals surface area contributed by atoms with Gasteiger partial charge in [0, 0.05) is 0 Å². The van der Waals surface area contributed by atoms with E-state index in [4.69, 9.17) is 0 Å². The van der Waals surface area contributed by atoms with Crippen molar-refractivity contribution in [3.05, 3.63) is 83.9 Å². The molecule has 0 aliphatic rings. The number of rotatable bonds is 5. The summed E-state index contributed by atoms with van der Waals surface area (Å²) in [6.07, 6.45) is 2.71. The second kappa shape index (κ2) is 6.06. The summed E-state index contributed by atoms with van der Waals surface area (Å²) >= 11 is 0. The van der Waals surface area contributed by atoms with Crippen LogP contribution in [0.5, 0.6) is 0 Å². The Hall–Kier alpha value is -1.86. The van der Waals surface area contributed by atoms with Crippen molar-refractivity contribution < 1.29 is 5.11 Å². The summed E-state index contributed by atoms with van der Waals surface area (Å²) in [5, 5.41) is 10.9. The van der Waals surface area contributed by atoms with E-state index in [-0.39, 0.29) is 0 Å². The lowest BCUT2D eigenvalue weighted by molar-refractivity contribution is 0.135. The van der Waals surface area contributed by atoms with Crippen molar-refractivity contribution in [2.24, 2.45) is 0 Å². The van der Waals surface area contributed by atoms with Crippen molar-refractivity contribution in [2.75, 3.05) is 0 Å². The first-order valence-corrected chi connectivity index (χ1v) is 7.13. The van der Waals surface area contributed by atoms with Gasteiger partial charge in [0.2, 0.25) is 0 Å². The molecule has 2 aromatic carbocycles. The largest absolute Gasteiger partial charge is 0.377 e. The van der Waals surface area contributed by atoms with Gasteiger partial charge in [-0.1, -0.05) is 81.1 Å². The smallest absolute Gasteiger partial charge is 0.133 e. The Labute approximate surface area is 121 Å². The van der Waals surface area contributed by atoms with Crippen LogP contribution in [-0.2, 0) is 5.60 Å². The van der Waals surface area contributed by atoms with Gasteiger partial charge in [-0.05, 0) is 29.0 Å². The fourth-order valence-corrected chi connectivity index (χ4v) is 2.40. The first kappa shape index (κ1) is 14.5. The fourth-order valence-electron chi connectivity index (χ4n) is 2.40. The van der Waals surface area contributed by atoms with Crippen LogP contribution >= 0.6 is 0 Å². The average molecular weight is 266 g/mol. The molecule has 20 heavy (non-hydrogen) atoms. The Balaban J connectivity index is 2.40. The summed E-state index contributed by atoms with van der Waals surface area (Å²) in [7, 11) is 0. The van der Waals surface area contributed by atoms with Gasteiger partial charge in [-0.2, -0.15) is 0 Å². The van der Waals surface area contributed by atoms with Crippen LogP contribution < -0.4 is 0 Å². The van der Waals surface area contributed by atoms with E-state index in [0.717, 1.165) is 17.5 Å². The Kier molecular flexibility index (Phi) is 4.41. The third kappa shape index (κ3) is 2.68. The average Bonchev–Trinajstić information content (AvgIpc) is 2.54. The van der Waals surface area contributed by atoms with Gasteiger partial charge in [0.15, 0.2) is 0 Å². The second-order valence-corrected chi connectivity index (χ2v) is 5.27. The van der Waals surface area contributed by atoms with Gasteiger partial charge in [-0.15, -0.1) is 0 Å². The van der Waals surface area contributed by atoms with Gasteiger partial charge in [-0.25, -0.2) is 0 Å². The van der Waals surface area contributed by atoms with Crippen LogP contribution in [0.4, 0.5) is 0 Å². The van der Waals surface area contributed by atoms with Gasteiger partial charge < -0.3 is 5.11 Å². The van der Waals surface area contributed by atoms with E-state index in [0.29, 0.717) is 5.92 Å². The van der Waals surface area contributed by atoms with Gasteiger partial charge in [0.1, 0.15) is 5.60 Å². The minimum absolute atomic E-state index is 0.539. The minimum atomic E-state index is -1.13. The third-order valence-corrected chi connectivity index (χ3v) is 4.04. The molecule has 0 saturated heterocycles. The van der Waals surface area contributed by atoms with Gasteiger partial charge in [0.05, 0.1) is 0 Å². The lowest BCUT2D eigenvalue weighted by atomic mass is 9.85. The predicted molar refractivity (Wildman–Crippen MR) is 84.8 cm³/mol. The quantitative estimate of drug-likeness (QED) is 0.783. The van der Waals surface area contributed by atoms with E-state index in [1.54, 1.807) is 6.08 Å². The molecule has 2 unspecified atom stereocenters. The molecule has 104 valence electrons. The van der Waals surface area contributed by atoms with Crippen LogP contribution in [0.2, 0.25) is 0 Å². The molecule has 2 atom stereocenters. The predicted octanol–water partition coefficient (Wildman–Crippen LogP) is 4.62. The summed E-state index contributed by atoms with van der Waals surface area (Å²) in [4.78, 5) is 0. The number of aliphatic hydroxyl groups is 1. The van der Waals surface area contributed by atoms with E-state index in [1.165, 1.54) is 5.56 Å². The van der Waals surface area contributed by atoms with Gasteiger partial charge >= 0.3 is 0 Å². The molecule has 1 heteroatoms. The third-order valence-electron chi connectivity index (χ3n) is 4.04. The summed E-state index contributed by atoms with van der Waals surface area (Å²) in [5.41, 5.74) is 1.86. The molecule has 2 rings (SSSR count). The maximum Gasteiger partial charge on any atom is 0.133 e. The molecular formula is C19H22O. The lowest BCUT2D eigenvalue weighted by Crippen LogP contribution is -2.24. The standard InChI is InChI=1S/C19H22O/c1-4-15(3)16-11-13-18(14-12-16)19(20,5-2)17-9-7-6-8-10-17/h5-15,20H,2,4H2,1,3H3. The number of hydrogen-bond donors (Lipinski definition) is 1. The van der Waals surface area contributed by atoms with Crippen LogP contribution in [-0.4, -0.2) is 5.11 Å². The van der Waals surface area contributed by atoms with E-state index >= 15 is 0 Å². The number of hydrogen-bond acceptors (Lipinski definition) is 1. The van der Waals surface area contributed by atoms with E-state index in [2.05, 4.69) is 32.6 Å². The van der Waals surface area contributed by atoms with Crippen molar-refractivity contribution in [2.45, 2.75) is 31.8 Å². The Morgan fingerprint density at radius 2 is 1.60 bits per heavy atom. The van der Waals surface area contributed by atoms with Crippen molar-refractivity contribution in [3.8, 4) is 0 Å². The summed E-state index contributed by atoms with van der Waals surface area (Å²) in [6.45, 7) is 8.21. The lowest BCUT2D eigenvalue weighted by Gasteiger charge is -2.26. The zero-order chi connectivity index (χ0) is 14.6. The van der Waals surface area contributed by atoms with Crippen LogP contribution in [0.25, 0.3) is 0 Å². The highest BCUT2D eigenvalue weighted by Crippen LogP contribution is 2.31. The second-order valence-electron chi connectivity index (χ2n) is 5.27. The van der Waals surface area contributed by atoms with Crippen molar-refractivity contribution in [1.29, 1.82) is 0 Å². The van der Waals surface area contributed by atoms with E-state index < -0.39 is 5.60 Å². The van der Waals surface area contributed by atoms with Crippen LogP contribution in [0.1, 0.15) is 42.9 Å². The Morgan fingerprint density at radius 1 is 1.05 bits per heavy atom. The van der Waals surface area contributed by atoms with E-state index in [1.807, 2.05) is 42.5 Å². The van der Waals surface area contributed by atoms with Crippen LogP contribution in [0.15, 0.2) is 67.3 Å². The Morgan fingerprint density at radius 3 is 2.10 bits per heavy atom. The Bertz CT molecular complexity index is 556. The maximum absolute atomic E-state index is 10.9. The zero-order valence-corrected chi connectivity index (χ0v) is 12.2. The maximum atomic E-state index is 10.9. The molecule has 0 fully saturated rings. The monoisotopic (exact) mass is 266 g/mol. The fraction of sp³-hybridized carbons (Fsp3) is 0.263. The normalized spacial score (nSPS) is 15.3. The molecule has 0 spiro atoms. The van der Waals surface area contributed by atoms with Crippen molar-refractivity contribution in [3.63, 3.8) is 0 Å². The van der Waals surface area contributed by atoms with Gasteiger partial charge in [0.25, 0.3) is 0 Å². The SMILES string of the molecule is C=CC(O)(c1ccccc1)c1ccc(C(C)CC)cc1. The van der Waals surface area contributed by atoms with Crippen LogP contribution in [0.3, 0.4) is 0 Å². The van der Waals surface area contributed by atoms with Gasteiger partial charge in [-0.3, -0.25) is 0 Å². The molecule has 0 aliphatic heterocycles. The molecule has 0 aromatic heterocycles. The van der Waals surface area contributed by atoms with Crippen molar-refractivity contribution in [1.82, 2.24) is 0 Å². The molecular weight excluding hydrogens is 244 g/mol. The topological polar surface area (TPSA) is 20.2 Å². The van der Waals surface area contributed by atoms with Crippen molar-refractivity contribution >= 4 is 0 Å². The van der Waals surface area contributed by atoms with E-state index in [9.17, 15) is 5.11 Å². The highest BCUT2D eigenvalue weighted by molar-refractivity contribution is 5.41.